The van der Waals surface area contributed by atoms with Gasteiger partial charge in [-0.25, -0.2) is 4.79 Å². The Morgan fingerprint density at radius 1 is 1.26 bits per heavy atom. The van der Waals surface area contributed by atoms with E-state index in [9.17, 15) is 9.59 Å². The number of carboxylic acid groups (broad SMARTS) is 1. The lowest BCUT2D eigenvalue weighted by Gasteiger charge is -2.35. The molecule has 110 valence electrons. The van der Waals surface area contributed by atoms with E-state index in [0.717, 1.165) is 6.42 Å². The van der Waals surface area contributed by atoms with Crippen molar-refractivity contribution in [3.63, 3.8) is 0 Å². The molecule has 3 N–H and O–H groups in total. The summed E-state index contributed by atoms with van der Waals surface area (Å²) in [4.78, 5) is 22.0. The molecule has 0 radical (unpaired) electrons. The van der Waals surface area contributed by atoms with Crippen LogP contribution in [-0.2, 0) is 9.59 Å². The minimum Gasteiger partial charge on any atom is -0.480 e. The van der Waals surface area contributed by atoms with E-state index in [1.165, 1.54) is 26.2 Å². The predicted molar refractivity (Wildman–Crippen MR) is 73.8 cm³/mol. The second-order valence-electron chi connectivity index (χ2n) is 5.80. The van der Waals surface area contributed by atoms with Gasteiger partial charge in [-0.15, -0.1) is 0 Å². The predicted octanol–water partition coefficient (Wildman–Crippen LogP) is 1.38. The van der Waals surface area contributed by atoms with Crippen molar-refractivity contribution in [2.24, 2.45) is 11.8 Å². The van der Waals surface area contributed by atoms with Gasteiger partial charge in [0, 0.05) is 19.5 Å². The zero-order chi connectivity index (χ0) is 14.4. The summed E-state index contributed by atoms with van der Waals surface area (Å²) in [6, 6.07) is -0.475. The van der Waals surface area contributed by atoms with E-state index in [1.54, 1.807) is 0 Å². The first-order valence-electron chi connectivity index (χ1n) is 7.15. The summed E-state index contributed by atoms with van der Waals surface area (Å²) >= 11 is 0. The fourth-order valence-electron chi connectivity index (χ4n) is 2.93. The van der Waals surface area contributed by atoms with E-state index in [4.69, 9.17) is 5.11 Å². The van der Waals surface area contributed by atoms with Gasteiger partial charge in [0.15, 0.2) is 0 Å². The molecule has 5 heteroatoms. The SMILES string of the molecule is CC(=O)NC(CNC1CCCCC1C(C)C)C(=O)O. The molecule has 0 heterocycles. The molecule has 1 fully saturated rings. The van der Waals surface area contributed by atoms with Crippen LogP contribution in [0.4, 0.5) is 0 Å². The Hall–Kier alpha value is -1.10. The minimum absolute atomic E-state index is 0.294. The number of hydrogen-bond donors (Lipinski definition) is 3. The van der Waals surface area contributed by atoms with Crippen LogP contribution in [0.15, 0.2) is 0 Å². The number of rotatable bonds is 6. The highest BCUT2D eigenvalue weighted by Gasteiger charge is 2.28. The molecule has 0 aliphatic heterocycles. The van der Waals surface area contributed by atoms with Crippen LogP contribution in [0.3, 0.4) is 0 Å². The molecule has 1 amide bonds. The van der Waals surface area contributed by atoms with E-state index >= 15 is 0 Å². The monoisotopic (exact) mass is 270 g/mol. The van der Waals surface area contributed by atoms with Crippen molar-refractivity contribution in [2.45, 2.75) is 58.5 Å². The zero-order valence-electron chi connectivity index (χ0n) is 12.1. The van der Waals surface area contributed by atoms with Crippen LogP contribution >= 0.6 is 0 Å². The maximum Gasteiger partial charge on any atom is 0.327 e. The molecule has 0 spiro atoms. The topological polar surface area (TPSA) is 78.4 Å². The second-order valence-corrected chi connectivity index (χ2v) is 5.80. The molecule has 1 aliphatic rings. The molecule has 19 heavy (non-hydrogen) atoms. The summed E-state index contributed by atoms with van der Waals surface area (Å²) in [6.45, 7) is 6.07. The van der Waals surface area contributed by atoms with Gasteiger partial charge in [0.2, 0.25) is 5.91 Å². The fourth-order valence-corrected chi connectivity index (χ4v) is 2.93. The van der Waals surface area contributed by atoms with Crippen LogP contribution in [0.1, 0.15) is 46.5 Å². The van der Waals surface area contributed by atoms with Crippen LogP contribution < -0.4 is 10.6 Å². The van der Waals surface area contributed by atoms with Gasteiger partial charge in [-0.3, -0.25) is 4.79 Å². The third-order valence-electron chi connectivity index (χ3n) is 3.94. The summed E-state index contributed by atoms with van der Waals surface area (Å²) in [5, 5.41) is 14.9. The van der Waals surface area contributed by atoms with Gasteiger partial charge < -0.3 is 15.7 Å². The highest BCUT2D eigenvalue weighted by molar-refractivity contribution is 5.82. The van der Waals surface area contributed by atoms with E-state index in [-0.39, 0.29) is 5.91 Å². The van der Waals surface area contributed by atoms with Crippen LogP contribution in [0.2, 0.25) is 0 Å². The molecule has 0 aromatic carbocycles. The highest BCUT2D eigenvalue weighted by atomic mass is 16.4. The van der Waals surface area contributed by atoms with Gasteiger partial charge in [-0.2, -0.15) is 0 Å². The maximum atomic E-state index is 11.1. The summed E-state index contributed by atoms with van der Waals surface area (Å²) in [5.41, 5.74) is 0. The van der Waals surface area contributed by atoms with Gasteiger partial charge in [0.1, 0.15) is 6.04 Å². The first-order valence-corrected chi connectivity index (χ1v) is 7.15. The average Bonchev–Trinajstić information content (AvgIpc) is 2.34. The van der Waals surface area contributed by atoms with Gasteiger partial charge in [0.25, 0.3) is 0 Å². The first kappa shape index (κ1) is 16.0. The number of carboxylic acids is 1. The smallest absolute Gasteiger partial charge is 0.327 e. The van der Waals surface area contributed by atoms with Gasteiger partial charge in [-0.1, -0.05) is 26.7 Å². The van der Waals surface area contributed by atoms with Crippen molar-refractivity contribution in [3.05, 3.63) is 0 Å². The first-order chi connectivity index (χ1) is 8.91. The molecule has 3 atom stereocenters. The zero-order valence-corrected chi connectivity index (χ0v) is 12.1. The molecule has 1 rings (SSSR count). The van der Waals surface area contributed by atoms with Gasteiger partial charge in [0.05, 0.1) is 0 Å². The van der Waals surface area contributed by atoms with Crippen LogP contribution in [0, 0.1) is 11.8 Å². The molecule has 0 aromatic heterocycles. The lowest BCUT2D eigenvalue weighted by molar-refractivity contribution is -0.141. The number of carbonyl (C=O) groups is 2. The van der Waals surface area contributed by atoms with Gasteiger partial charge in [-0.05, 0) is 24.7 Å². The molecule has 1 aliphatic carbocycles. The van der Waals surface area contributed by atoms with E-state index in [2.05, 4.69) is 24.5 Å². The third-order valence-corrected chi connectivity index (χ3v) is 3.94. The molecule has 1 saturated carbocycles. The quantitative estimate of drug-likeness (QED) is 0.681. The van der Waals surface area contributed by atoms with Crippen molar-refractivity contribution in [1.29, 1.82) is 0 Å². The average molecular weight is 270 g/mol. The van der Waals surface area contributed by atoms with Crippen LogP contribution in [-0.4, -0.2) is 35.6 Å². The molecule has 0 saturated heterocycles. The van der Waals surface area contributed by atoms with E-state index in [1.807, 2.05) is 0 Å². The number of carbonyl (C=O) groups excluding carboxylic acids is 1. The van der Waals surface area contributed by atoms with E-state index < -0.39 is 12.0 Å². The number of nitrogens with one attached hydrogen (secondary N) is 2. The van der Waals surface area contributed by atoms with Gasteiger partial charge >= 0.3 is 5.97 Å². The van der Waals surface area contributed by atoms with Crippen molar-refractivity contribution >= 4 is 11.9 Å². The summed E-state index contributed by atoms with van der Waals surface area (Å²) < 4.78 is 0. The van der Waals surface area contributed by atoms with Crippen molar-refractivity contribution < 1.29 is 14.7 Å². The number of amides is 1. The Morgan fingerprint density at radius 3 is 2.42 bits per heavy atom. The Labute approximate surface area is 115 Å². The molecular weight excluding hydrogens is 244 g/mol. The lowest BCUT2D eigenvalue weighted by Crippen LogP contribution is -2.51. The minimum atomic E-state index is -0.986. The maximum absolute atomic E-state index is 11.1. The van der Waals surface area contributed by atoms with Crippen molar-refractivity contribution in [2.75, 3.05) is 6.54 Å². The third kappa shape index (κ3) is 5.19. The largest absolute Gasteiger partial charge is 0.480 e. The van der Waals surface area contributed by atoms with Crippen molar-refractivity contribution in [3.8, 4) is 0 Å². The molecule has 0 bridgehead atoms. The molecule has 3 unspecified atom stereocenters. The molecular formula is C14H26N2O3. The summed E-state index contributed by atoms with van der Waals surface area (Å²) in [7, 11) is 0. The molecule has 0 aromatic rings. The van der Waals surface area contributed by atoms with Crippen molar-refractivity contribution in [1.82, 2.24) is 10.6 Å². The normalized spacial score (nSPS) is 25.1. The standard InChI is InChI=1S/C14H26N2O3/c1-9(2)11-6-4-5-7-12(11)15-8-13(14(18)19)16-10(3)17/h9,11-13,15H,4-8H2,1-3H3,(H,16,17)(H,18,19). The second kappa shape index (κ2) is 7.48. The Balaban J connectivity index is 2.51. The molecule has 5 nitrogen and oxygen atoms in total. The fraction of sp³-hybridized carbons (Fsp3) is 0.857. The lowest BCUT2D eigenvalue weighted by atomic mass is 9.78. The van der Waals surface area contributed by atoms with Crippen LogP contribution in [0.25, 0.3) is 0 Å². The Bertz CT molecular complexity index is 318. The van der Waals surface area contributed by atoms with Crippen LogP contribution in [0.5, 0.6) is 0 Å². The Kier molecular flexibility index (Phi) is 6.28. The Morgan fingerprint density at radius 2 is 1.89 bits per heavy atom. The highest BCUT2D eigenvalue weighted by Crippen LogP contribution is 2.30. The summed E-state index contributed by atoms with van der Waals surface area (Å²) in [5.74, 6) is -0.0970. The van der Waals surface area contributed by atoms with E-state index in [0.29, 0.717) is 24.4 Å². The number of hydrogen-bond acceptors (Lipinski definition) is 3. The summed E-state index contributed by atoms with van der Waals surface area (Å²) in [6.07, 6.45) is 4.75. The number of aliphatic carboxylic acids is 1.